The topological polar surface area (TPSA) is 111 Å². The Hall–Kier alpha value is -3.46. The van der Waals surface area contributed by atoms with E-state index >= 15 is 0 Å². The molecule has 30 heavy (non-hydrogen) atoms. The Morgan fingerprint density at radius 2 is 1.93 bits per heavy atom. The SMILES string of the molecule is COC(=O)Nc1nc2ccc(N3CCN(C(=O)c4cc(Cl)ccc4O)CC3)cc2[nH]1. The number of hydrogen-bond acceptors (Lipinski definition) is 6. The third-order valence-corrected chi connectivity index (χ3v) is 5.23. The molecule has 1 aliphatic heterocycles. The number of aromatic hydroxyl groups is 1. The minimum atomic E-state index is -0.596. The molecule has 2 heterocycles. The smallest absolute Gasteiger partial charge is 0.413 e. The van der Waals surface area contributed by atoms with E-state index in [1.165, 1.54) is 19.2 Å². The summed E-state index contributed by atoms with van der Waals surface area (Å²) in [5, 5.41) is 12.9. The number of phenols is 1. The van der Waals surface area contributed by atoms with Crippen molar-refractivity contribution in [2.24, 2.45) is 0 Å². The zero-order chi connectivity index (χ0) is 21.3. The average Bonchev–Trinajstić information content (AvgIpc) is 3.16. The summed E-state index contributed by atoms with van der Waals surface area (Å²) in [7, 11) is 1.29. The Bertz CT molecular complexity index is 1110. The van der Waals surface area contributed by atoms with Crippen molar-refractivity contribution in [1.29, 1.82) is 0 Å². The number of carbonyl (C=O) groups is 2. The average molecular weight is 430 g/mol. The van der Waals surface area contributed by atoms with Gasteiger partial charge in [-0.3, -0.25) is 10.1 Å². The molecule has 156 valence electrons. The van der Waals surface area contributed by atoms with Gasteiger partial charge >= 0.3 is 6.09 Å². The Labute approximate surface area is 177 Å². The number of nitrogens with zero attached hydrogens (tertiary/aromatic N) is 3. The summed E-state index contributed by atoms with van der Waals surface area (Å²) in [6, 6.07) is 10.2. The van der Waals surface area contributed by atoms with Crippen LogP contribution in [0, 0.1) is 0 Å². The quantitative estimate of drug-likeness (QED) is 0.590. The first-order valence-electron chi connectivity index (χ1n) is 9.32. The number of fused-ring (bicyclic) bond motifs is 1. The van der Waals surface area contributed by atoms with Crippen LogP contribution in [0.2, 0.25) is 5.02 Å². The number of aromatic amines is 1. The van der Waals surface area contributed by atoms with E-state index in [1.54, 1.807) is 11.0 Å². The molecule has 0 atom stereocenters. The molecule has 10 heteroatoms. The van der Waals surface area contributed by atoms with Gasteiger partial charge in [0.1, 0.15) is 5.75 Å². The molecule has 1 fully saturated rings. The number of carbonyl (C=O) groups excluding carboxylic acids is 2. The van der Waals surface area contributed by atoms with E-state index in [1.807, 2.05) is 18.2 Å². The lowest BCUT2D eigenvalue weighted by atomic mass is 10.1. The molecule has 0 bridgehead atoms. The summed E-state index contributed by atoms with van der Waals surface area (Å²) in [6.45, 7) is 2.31. The van der Waals surface area contributed by atoms with Gasteiger partial charge in [0, 0.05) is 36.9 Å². The lowest BCUT2D eigenvalue weighted by Gasteiger charge is -2.36. The van der Waals surface area contributed by atoms with Crippen molar-refractivity contribution in [1.82, 2.24) is 14.9 Å². The number of anilines is 2. The fourth-order valence-corrected chi connectivity index (χ4v) is 3.59. The van der Waals surface area contributed by atoms with Crippen LogP contribution >= 0.6 is 11.6 Å². The first-order valence-corrected chi connectivity index (χ1v) is 9.70. The van der Waals surface area contributed by atoms with Crippen LogP contribution in [-0.2, 0) is 4.74 Å². The van der Waals surface area contributed by atoms with Crippen LogP contribution in [0.3, 0.4) is 0 Å². The van der Waals surface area contributed by atoms with Crippen LogP contribution in [0.25, 0.3) is 11.0 Å². The van der Waals surface area contributed by atoms with Crippen molar-refractivity contribution < 1.29 is 19.4 Å². The second-order valence-electron chi connectivity index (χ2n) is 6.84. The molecule has 3 aromatic rings. The number of rotatable bonds is 3. The number of hydrogen-bond donors (Lipinski definition) is 3. The number of halogens is 1. The van der Waals surface area contributed by atoms with E-state index in [0.717, 1.165) is 16.7 Å². The van der Waals surface area contributed by atoms with Crippen molar-refractivity contribution in [2.45, 2.75) is 0 Å². The van der Waals surface area contributed by atoms with Gasteiger partial charge in [-0.1, -0.05) is 11.6 Å². The molecule has 0 spiro atoms. The number of nitrogens with one attached hydrogen (secondary N) is 2. The molecule has 4 rings (SSSR count). The second kappa shape index (κ2) is 8.11. The predicted molar refractivity (Wildman–Crippen MR) is 113 cm³/mol. The van der Waals surface area contributed by atoms with Gasteiger partial charge in [-0.05, 0) is 36.4 Å². The number of phenolic OH excluding ortho intramolecular Hbond substituents is 1. The van der Waals surface area contributed by atoms with Crippen LogP contribution in [0.5, 0.6) is 5.75 Å². The minimum absolute atomic E-state index is 0.0760. The fraction of sp³-hybridized carbons (Fsp3) is 0.250. The van der Waals surface area contributed by atoms with Crippen molar-refractivity contribution in [3.63, 3.8) is 0 Å². The van der Waals surface area contributed by atoms with E-state index < -0.39 is 6.09 Å². The maximum atomic E-state index is 12.7. The van der Waals surface area contributed by atoms with Gasteiger partial charge < -0.3 is 24.6 Å². The van der Waals surface area contributed by atoms with Crippen molar-refractivity contribution in [3.8, 4) is 5.75 Å². The van der Waals surface area contributed by atoms with Gasteiger partial charge in [0.25, 0.3) is 5.91 Å². The number of ether oxygens (including phenoxy) is 1. The predicted octanol–water partition coefficient (Wildman–Crippen LogP) is 3.06. The zero-order valence-corrected chi connectivity index (χ0v) is 16.9. The Morgan fingerprint density at radius 3 is 2.67 bits per heavy atom. The number of H-pyrrole nitrogens is 1. The number of benzene rings is 2. The Kier molecular flexibility index (Phi) is 5.37. The number of piperazine rings is 1. The molecule has 0 unspecified atom stereocenters. The standard InChI is InChI=1S/C20H20ClN5O4/c1-30-20(29)24-19-22-15-4-3-13(11-16(15)23-19)25-6-8-26(9-7-25)18(28)14-10-12(21)2-5-17(14)27/h2-5,10-11,27H,6-9H2,1H3,(H2,22,23,24,29). The molecule has 0 radical (unpaired) electrons. The van der Waals surface area contributed by atoms with E-state index in [9.17, 15) is 14.7 Å². The van der Waals surface area contributed by atoms with E-state index in [4.69, 9.17) is 11.6 Å². The maximum Gasteiger partial charge on any atom is 0.413 e. The highest BCUT2D eigenvalue weighted by Crippen LogP contribution is 2.26. The van der Waals surface area contributed by atoms with Crippen molar-refractivity contribution in [3.05, 3.63) is 47.0 Å². The molecular formula is C20H20ClN5O4. The minimum Gasteiger partial charge on any atom is -0.507 e. The number of imidazole rings is 1. The molecular weight excluding hydrogens is 410 g/mol. The van der Waals surface area contributed by atoms with E-state index in [0.29, 0.717) is 37.1 Å². The number of amides is 2. The van der Waals surface area contributed by atoms with E-state index in [2.05, 4.69) is 24.9 Å². The molecule has 2 aromatic carbocycles. The van der Waals surface area contributed by atoms with Crippen LogP contribution in [0.1, 0.15) is 10.4 Å². The third kappa shape index (κ3) is 3.97. The highest BCUT2D eigenvalue weighted by Gasteiger charge is 2.24. The zero-order valence-electron chi connectivity index (χ0n) is 16.2. The molecule has 1 aromatic heterocycles. The molecule has 1 aliphatic rings. The largest absolute Gasteiger partial charge is 0.507 e. The highest BCUT2D eigenvalue weighted by atomic mass is 35.5. The Morgan fingerprint density at radius 1 is 1.17 bits per heavy atom. The highest BCUT2D eigenvalue weighted by molar-refractivity contribution is 6.31. The summed E-state index contributed by atoms with van der Waals surface area (Å²) in [5.74, 6) is -0.00386. The summed E-state index contributed by atoms with van der Waals surface area (Å²) in [5.41, 5.74) is 2.69. The Balaban J connectivity index is 1.44. The third-order valence-electron chi connectivity index (χ3n) is 4.99. The summed E-state index contributed by atoms with van der Waals surface area (Å²) in [6.07, 6.45) is -0.596. The van der Waals surface area contributed by atoms with Gasteiger partial charge in [0.2, 0.25) is 5.95 Å². The fourth-order valence-electron chi connectivity index (χ4n) is 3.42. The number of aromatic nitrogens is 2. The normalized spacial score (nSPS) is 14.1. The molecule has 9 nitrogen and oxygen atoms in total. The van der Waals surface area contributed by atoms with Crippen LogP contribution in [-0.4, -0.2) is 65.3 Å². The van der Waals surface area contributed by atoms with Gasteiger partial charge in [-0.25, -0.2) is 9.78 Å². The lowest BCUT2D eigenvalue weighted by Crippen LogP contribution is -2.48. The first-order chi connectivity index (χ1) is 14.4. The van der Waals surface area contributed by atoms with Gasteiger partial charge in [-0.2, -0.15) is 0 Å². The monoisotopic (exact) mass is 429 g/mol. The second-order valence-corrected chi connectivity index (χ2v) is 7.28. The molecule has 0 aliphatic carbocycles. The molecule has 0 saturated carbocycles. The molecule has 1 saturated heterocycles. The van der Waals surface area contributed by atoms with Crippen molar-refractivity contribution >= 4 is 46.3 Å². The van der Waals surface area contributed by atoms with Gasteiger partial charge in [0.15, 0.2) is 0 Å². The van der Waals surface area contributed by atoms with Crippen molar-refractivity contribution in [2.75, 3.05) is 43.5 Å². The maximum absolute atomic E-state index is 12.7. The van der Waals surface area contributed by atoms with Crippen LogP contribution in [0.4, 0.5) is 16.4 Å². The molecule has 3 N–H and O–H groups in total. The summed E-state index contributed by atoms with van der Waals surface area (Å²) >= 11 is 5.96. The van der Waals surface area contributed by atoms with Crippen LogP contribution < -0.4 is 10.2 Å². The summed E-state index contributed by atoms with van der Waals surface area (Å²) < 4.78 is 4.57. The molecule has 2 amide bonds. The van der Waals surface area contributed by atoms with Gasteiger partial charge in [0.05, 0.1) is 23.7 Å². The summed E-state index contributed by atoms with van der Waals surface area (Å²) in [4.78, 5) is 35.3. The lowest BCUT2D eigenvalue weighted by molar-refractivity contribution is 0.0743. The first kappa shape index (κ1) is 19.8. The van der Waals surface area contributed by atoms with E-state index in [-0.39, 0.29) is 17.2 Å². The van der Waals surface area contributed by atoms with Crippen LogP contribution in [0.15, 0.2) is 36.4 Å². The van der Waals surface area contributed by atoms with Gasteiger partial charge in [-0.15, -0.1) is 0 Å². The number of methoxy groups -OCH3 is 1.